The van der Waals surface area contributed by atoms with Gasteiger partial charge in [0, 0.05) is 44.9 Å². The van der Waals surface area contributed by atoms with Gasteiger partial charge >= 0.3 is 0 Å². The van der Waals surface area contributed by atoms with E-state index >= 15 is 0 Å². The van der Waals surface area contributed by atoms with Crippen LogP contribution in [0.4, 0.5) is 0 Å². The molecule has 0 radical (unpaired) electrons. The summed E-state index contributed by atoms with van der Waals surface area (Å²) in [4.78, 5) is 12.5. The molecule has 1 rings (SSSR count). The molecule has 0 fully saturated rings. The molecule has 0 bridgehead atoms. The van der Waals surface area contributed by atoms with Crippen LogP contribution in [0.15, 0.2) is 11.0 Å². The van der Waals surface area contributed by atoms with Crippen molar-refractivity contribution in [1.29, 1.82) is 0 Å². The minimum absolute atomic E-state index is 0.0287. The highest BCUT2D eigenvalue weighted by atomic mass is 35.7. The average molecular weight is 344 g/mol. The first-order chi connectivity index (χ1) is 8.71. The van der Waals surface area contributed by atoms with Crippen LogP contribution >= 0.6 is 22.0 Å². The van der Waals surface area contributed by atoms with Gasteiger partial charge in [-0.3, -0.25) is 9.00 Å². The summed E-state index contributed by atoms with van der Waals surface area (Å²) in [6.07, 6.45) is 2.21. The Hall–Kier alpha value is -0.440. The summed E-state index contributed by atoms with van der Waals surface area (Å²) in [7, 11) is 0.555. The van der Waals surface area contributed by atoms with Crippen LogP contribution in [0.2, 0.25) is 0 Å². The fraction of sp³-hybridized carbons (Fsp3) is 0.500. The molecule has 1 aromatic rings. The lowest BCUT2D eigenvalue weighted by Gasteiger charge is -2.01. The fourth-order valence-electron chi connectivity index (χ4n) is 1.38. The zero-order chi connectivity index (χ0) is 14.6. The standard InChI is InChI=1S/C10H14ClNO4S3/c1-7-9(19(11,15)16)6-8(17-7)10(13)12-4-3-5-18(2)14/h6H,3-5H2,1-2H3,(H,12,13). The van der Waals surface area contributed by atoms with Gasteiger partial charge in [-0.2, -0.15) is 0 Å². The summed E-state index contributed by atoms with van der Waals surface area (Å²) in [5, 5.41) is 2.65. The van der Waals surface area contributed by atoms with Gasteiger partial charge in [0.2, 0.25) is 0 Å². The van der Waals surface area contributed by atoms with E-state index < -0.39 is 19.9 Å². The monoisotopic (exact) mass is 343 g/mol. The number of carbonyl (C=O) groups is 1. The Balaban J connectivity index is 2.66. The van der Waals surface area contributed by atoms with E-state index in [1.807, 2.05) is 0 Å². The summed E-state index contributed by atoms with van der Waals surface area (Å²) in [5.74, 6) is 0.173. The Morgan fingerprint density at radius 1 is 1.53 bits per heavy atom. The molecule has 1 amide bonds. The second-order valence-corrected chi connectivity index (χ2v) is 9.20. The molecule has 0 aliphatic rings. The molecule has 9 heteroatoms. The van der Waals surface area contributed by atoms with E-state index in [-0.39, 0.29) is 10.8 Å². The van der Waals surface area contributed by atoms with Crippen molar-refractivity contribution in [3.63, 3.8) is 0 Å². The highest BCUT2D eigenvalue weighted by Gasteiger charge is 2.20. The quantitative estimate of drug-likeness (QED) is 0.626. The van der Waals surface area contributed by atoms with E-state index in [1.54, 1.807) is 13.2 Å². The van der Waals surface area contributed by atoms with Gasteiger partial charge in [-0.15, -0.1) is 11.3 Å². The Morgan fingerprint density at radius 2 is 2.16 bits per heavy atom. The number of aryl methyl sites for hydroxylation is 1. The number of nitrogens with one attached hydrogen (secondary N) is 1. The highest BCUT2D eigenvalue weighted by molar-refractivity contribution is 8.13. The molecular weight excluding hydrogens is 330 g/mol. The summed E-state index contributed by atoms with van der Waals surface area (Å²) in [5.41, 5.74) is 0. The van der Waals surface area contributed by atoms with Crippen molar-refractivity contribution in [2.24, 2.45) is 0 Å². The smallest absolute Gasteiger partial charge is 0.262 e. The molecule has 19 heavy (non-hydrogen) atoms. The van der Waals surface area contributed by atoms with Crippen molar-refractivity contribution < 1.29 is 17.4 Å². The Labute approximate surface area is 123 Å². The van der Waals surface area contributed by atoms with Gasteiger partial charge in [-0.05, 0) is 19.4 Å². The molecule has 1 atom stereocenters. The molecule has 108 valence electrons. The normalized spacial score (nSPS) is 13.2. The van der Waals surface area contributed by atoms with E-state index in [1.165, 1.54) is 6.07 Å². The lowest BCUT2D eigenvalue weighted by atomic mass is 10.4. The first-order valence-corrected chi connectivity index (χ1v) is 10.2. The molecule has 1 aromatic heterocycles. The van der Waals surface area contributed by atoms with Crippen molar-refractivity contribution in [1.82, 2.24) is 5.32 Å². The second-order valence-electron chi connectivity index (χ2n) is 3.86. The third kappa shape index (κ3) is 5.21. The maximum atomic E-state index is 11.8. The number of thiophene rings is 1. The summed E-state index contributed by atoms with van der Waals surface area (Å²) in [6, 6.07) is 1.27. The first kappa shape index (κ1) is 16.6. The first-order valence-electron chi connectivity index (χ1n) is 5.35. The van der Waals surface area contributed by atoms with Crippen LogP contribution in [0.1, 0.15) is 21.0 Å². The Morgan fingerprint density at radius 3 is 2.63 bits per heavy atom. The number of hydrogen-bond donors (Lipinski definition) is 1. The summed E-state index contributed by atoms with van der Waals surface area (Å²) in [6.45, 7) is 2.00. The van der Waals surface area contributed by atoms with Gasteiger partial charge in [0.25, 0.3) is 15.0 Å². The van der Waals surface area contributed by atoms with Gasteiger partial charge in [0.1, 0.15) is 0 Å². The SMILES string of the molecule is Cc1sc(C(=O)NCCCS(C)=O)cc1S(=O)(=O)Cl. The largest absolute Gasteiger partial charge is 0.351 e. The van der Waals surface area contributed by atoms with Gasteiger partial charge in [-0.1, -0.05) is 0 Å². The van der Waals surface area contributed by atoms with Crippen LogP contribution in [0.25, 0.3) is 0 Å². The lowest BCUT2D eigenvalue weighted by molar-refractivity contribution is 0.0957. The van der Waals surface area contributed by atoms with Gasteiger partial charge in [0.05, 0.1) is 9.77 Å². The third-order valence-corrected chi connectivity index (χ3v) is 5.74. The predicted octanol–water partition coefficient (Wildman–Crippen LogP) is 1.48. The van der Waals surface area contributed by atoms with Crippen LogP contribution in [0.3, 0.4) is 0 Å². The molecule has 0 spiro atoms. The molecule has 0 aliphatic carbocycles. The number of amides is 1. The Bertz CT molecular complexity index is 594. The topological polar surface area (TPSA) is 80.3 Å². The van der Waals surface area contributed by atoms with Crippen molar-refractivity contribution >= 4 is 47.8 Å². The van der Waals surface area contributed by atoms with Crippen molar-refractivity contribution in [3.8, 4) is 0 Å². The van der Waals surface area contributed by atoms with Crippen LogP contribution in [-0.2, 0) is 19.9 Å². The molecule has 1 N–H and O–H groups in total. The maximum absolute atomic E-state index is 11.8. The van der Waals surface area contributed by atoms with Crippen molar-refractivity contribution in [2.45, 2.75) is 18.2 Å². The predicted molar refractivity (Wildman–Crippen MR) is 78.0 cm³/mol. The molecule has 0 aliphatic heterocycles. The number of carbonyl (C=O) groups excluding carboxylic acids is 1. The Kier molecular flexibility index (Phi) is 5.97. The van der Waals surface area contributed by atoms with E-state index in [0.717, 1.165) is 11.3 Å². The molecule has 1 unspecified atom stereocenters. The van der Waals surface area contributed by atoms with Crippen molar-refractivity contribution in [2.75, 3.05) is 18.6 Å². The van der Waals surface area contributed by atoms with Crippen molar-refractivity contribution in [3.05, 3.63) is 15.8 Å². The molecular formula is C10H14ClNO4S3. The maximum Gasteiger partial charge on any atom is 0.262 e. The molecule has 0 aromatic carbocycles. The number of rotatable bonds is 6. The fourth-order valence-corrected chi connectivity index (χ4v) is 4.51. The van der Waals surface area contributed by atoms with Gasteiger partial charge < -0.3 is 5.32 Å². The number of hydrogen-bond acceptors (Lipinski definition) is 5. The third-order valence-electron chi connectivity index (χ3n) is 2.25. The van der Waals surface area contributed by atoms with Gasteiger partial charge in [0.15, 0.2) is 0 Å². The molecule has 0 saturated carbocycles. The highest BCUT2D eigenvalue weighted by Crippen LogP contribution is 2.28. The zero-order valence-electron chi connectivity index (χ0n) is 10.4. The van der Waals surface area contributed by atoms with Crippen LogP contribution in [0, 0.1) is 6.92 Å². The van der Waals surface area contributed by atoms with Crippen LogP contribution in [-0.4, -0.2) is 37.1 Å². The molecule has 0 saturated heterocycles. The van der Waals surface area contributed by atoms with Crippen LogP contribution < -0.4 is 5.32 Å². The number of halogens is 1. The van der Waals surface area contributed by atoms with Crippen LogP contribution in [0.5, 0.6) is 0 Å². The summed E-state index contributed by atoms with van der Waals surface area (Å²) >= 11 is 1.08. The minimum Gasteiger partial charge on any atom is -0.351 e. The molecule has 5 nitrogen and oxygen atoms in total. The second kappa shape index (κ2) is 6.83. The average Bonchev–Trinajstić information content (AvgIpc) is 2.66. The molecule has 1 heterocycles. The van der Waals surface area contributed by atoms with Gasteiger partial charge in [-0.25, -0.2) is 8.42 Å². The zero-order valence-corrected chi connectivity index (χ0v) is 13.6. The summed E-state index contributed by atoms with van der Waals surface area (Å²) < 4.78 is 33.3. The minimum atomic E-state index is -3.82. The van der Waals surface area contributed by atoms with E-state index in [2.05, 4.69) is 5.32 Å². The van der Waals surface area contributed by atoms with E-state index in [9.17, 15) is 17.4 Å². The lowest BCUT2D eigenvalue weighted by Crippen LogP contribution is -2.24. The van der Waals surface area contributed by atoms with E-state index in [0.29, 0.717) is 28.5 Å². The van der Waals surface area contributed by atoms with E-state index in [4.69, 9.17) is 10.7 Å².